The van der Waals surface area contributed by atoms with Crippen LogP contribution in [-0.4, -0.2) is 23.4 Å². The Morgan fingerprint density at radius 2 is 2.28 bits per heavy atom. The van der Waals surface area contributed by atoms with Crippen LogP contribution in [-0.2, 0) is 0 Å². The number of fused-ring (bicyclic) bond motifs is 1. The molecule has 1 atom stereocenters. The maximum Gasteiger partial charge on any atom is 0.265 e. The van der Waals surface area contributed by atoms with E-state index in [1.165, 1.54) is 11.3 Å². The third kappa shape index (κ3) is 1.77. The van der Waals surface area contributed by atoms with E-state index in [2.05, 4.69) is 6.07 Å². The van der Waals surface area contributed by atoms with Crippen molar-refractivity contribution in [3.05, 3.63) is 35.2 Å². The quantitative estimate of drug-likeness (QED) is 0.787. The Labute approximate surface area is 109 Å². The number of hydrogen-bond acceptors (Lipinski definition) is 3. The summed E-state index contributed by atoms with van der Waals surface area (Å²) in [5.41, 5.74) is 0. The Morgan fingerprint density at radius 3 is 3.06 bits per heavy atom. The van der Waals surface area contributed by atoms with Crippen molar-refractivity contribution in [1.82, 2.24) is 4.90 Å². The van der Waals surface area contributed by atoms with Crippen LogP contribution in [0.2, 0.25) is 0 Å². The van der Waals surface area contributed by atoms with Crippen molar-refractivity contribution in [2.24, 2.45) is 0 Å². The molecule has 3 nitrogen and oxygen atoms in total. The lowest BCUT2D eigenvalue weighted by atomic mass is 10.2. The molecule has 0 saturated carbocycles. The maximum atomic E-state index is 12.4. The molecule has 18 heavy (non-hydrogen) atoms. The maximum absolute atomic E-state index is 12.4. The predicted octanol–water partition coefficient (Wildman–Crippen LogP) is 3.03. The van der Waals surface area contributed by atoms with Crippen LogP contribution in [0.4, 0.5) is 0 Å². The highest BCUT2D eigenvalue weighted by Crippen LogP contribution is 2.28. The van der Waals surface area contributed by atoms with Gasteiger partial charge in [0, 0.05) is 11.2 Å². The van der Waals surface area contributed by atoms with Gasteiger partial charge in [-0.1, -0.05) is 18.2 Å². The molecule has 1 amide bonds. The number of rotatable bonds is 1. The van der Waals surface area contributed by atoms with Crippen molar-refractivity contribution >= 4 is 27.3 Å². The van der Waals surface area contributed by atoms with Crippen LogP contribution in [0.5, 0.6) is 0 Å². The molecule has 1 aliphatic rings. The van der Waals surface area contributed by atoms with Gasteiger partial charge < -0.3 is 4.90 Å². The molecular weight excluding hydrogens is 244 g/mol. The van der Waals surface area contributed by atoms with E-state index in [-0.39, 0.29) is 11.9 Å². The normalized spacial score (nSPS) is 19.1. The number of carbonyl (C=O) groups excluding carboxylic acids is 1. The zero-order chi connectivity index (χ0) is 12.5. The van der Waals surface area contributed by atoms with E-state index < -0.39 is 0 Å². The van der Waals surface area contributed by atoms with E-state index in [0.717, 1.165) is 27.8 Å². The lowest BCUT2D eigenvalue weighted by Crippen LogP contribution is -2.34. The Balaban J connectivity index is 1.95. The van der Waals surface area contributed by atoms with Gasteiger partial charge in [-0.3, -0.25) is 4.79 Å². The second kappa shape index (κ2) is 4.43. The number of hydrogen-bond donors (Lipinski definition) is 0. The highest BCUT2D eigenvalue weighted by Gasteiger charge is 2.29. The molecule has 0 spiro atoms. The van der Waals surface area contributed by atoms with Crippen LogP contribution in [0.25, 0.3) is 10.1 Å². The summed E-state index contributed by atoms with van der Waals surface area (Å²) in [5, 5.41) is 10.1. The molecule has 1 saturated heterocycles. The molecule has 2 aromatic rings. The van der Waals surface area contributed by atoms with E-state index >= 15 is 0 Å². The van der Waals surface area contributed by atoms with E-state index in [0.29, 0.717) is 6.54 Å². The van der Waals surface area contributed by atoms with Crippen molar-refractivity contribution in [3.8, 4) is 6.07 Å². The van der Waals surface area contributed by atoms with E-state index in [9.17, 15) is 4.79 Å². The van der Waals surface area contributed by atoms with E-state index in [1.807, 2.05) is 30.3 Å². The third-order valence-electron chi connectivity index (χ3n) is 3.30. The fourth-order valence-electron chi connectivity index (χ4n) is 2.37. The minimum Gasteiger partial charge on any atom is -0.322 e. The predicted molar refractivity (Wildman–Crippen MR) is 71.5 cm³/mol. The lowest BCUT2D eigenvalue weighted by molar-refractivity contribution is 0.0770. The summed E-state index contributed by atoms with van der Waals surface area (Å²) in [6.45, 7) is 0.700. The molecule has 1 aliphatic heterocycles. The summed E-state index contributed by atoms with van der Waals surface area (Å²) in [6.07, 6.45) is 1.72. The van der Waals surface area contributed by atoms with Crippen molar-refractivity contribution in [2.45, 2.75) is 18.9 Å². The molecule has 3 rings (SSSR count). The number of carbonyl (C=O) groups is 1. The molecule has 0 radical (unpaired) electrons. The largest absolute Gasteiger partial charge is 0.322 e. The SMILES string of the molecule is N#CC1CCCN1C(=O)c1cc2ccccc2s1. The number of nitriles is 1. The number of thiophene rings is 1. The second-order valence-corrected chi connectivity index (χ2v) is 5.52. The van der Waals surface area contributed by atoms with Crippen LogP contribution >= 0.6 is 11.3 Å². The zero-order valence-electron chi connectivity index (χ0n) is 9.80. The summed E-state index contributed by atoms with van der Waals surface area (Å²) in [4.78, 5) is 14.8. The fourth-order valence-corrected chi connectivity index (χ4v) is 3.39. The highest BCUT2D eigenvalue weighted by molar-refractivity contribution is 7.20. The molecule has 0 bridgehead atoms. The number of likely N-dealkylation sites (tertiary alicyclic amines) is 1. The fraction of sp³-hybridized carbons (Fsp3) is 0.286. The van der Waals surface area contributed by atoms with Crippen molar-refractivity contribution in [3.63, 3.8) is 0 Å². The average Bonchev–Trinajstić information content (AvgIpc) is 3.03. The van der Waals surface area contributed by atoms with Crippen LogP contribution in [0.15, 0.2) is 30.3 Å². The van der Waals surface area contributed by atoms with Crippen LogP contribution in [0, 0.1) is 11.3 Å². The van der Waals surface area contributed by atoms with Crippen molar-refractivity contribution < 1.29 is 4.79 Å². The first-order chi connectivity index (χ1) is 8.79. The monoisotopic (exact) mass is 256 g/mol. The third-order valence-corrected chi connectivity index (χ3v) is 4.40. The van der Waals surface area contributed by atoms with Crippen LogP contribution in [0.1, 0.15) is 22.5 Å². The molecule has 1 aromatic carbocycles. The van der Waals surface area contributed by atoms with Gasteiger partial charge in [-0.15, -0.1) is 11.3 Å². The Kier molecular flexibility index (Phi) is 2.77. The van der Waals surface area contributed by atoms with Gasteiger partial charge in [0.05, 0.1) is 10.9 Å². The van der Waals surface area contributed by atoms with Crippen molar-refractivity contribution in [2.75, 3.05) is 6.54 Å². The lowest BCUT2D eigenvalue weighted by Gasteiger charge is -2.18. The van der Waals surface area contributed by atoms with Gasteiger partial charge in [-0.25, -0.2) is 0 Å². The van der Waals surface area contributed by atoms with Gasteiger partial charge >= 0.3 is 0 Å². The Hall–Kier alpha value is -1.86. The summed E-state index contributed by atoms with van der Waals surface area (Å²) in [7, 11) is 0. The summed E-state index contributed by atoms with van der Waals surface area (Å²) in [5.74, 6) is 0.000231. The van der Waals surface area contributed by atoms with Crippen LogP contribution < -0.4 is 0 Å². The molecule has 2 heterocycles. The molecule has 1 unspecified atom stereocenters. The second-order valence-electron chi connectivity index (χ2n) is 4.43. The number of benzene rings is 1. The first-order valence-electron chi connectivity index (χ1n) is 5.99. The van der Waals surface area contributed by atoms with Crippen LogP contribution in [0.3, 0.4) is 0 Å². The summed E-state index contributed by atoms with van der Waals surface area (Å²) < 4.78 is 1.12. The van der Waals surface area contributed by atoms with Gasteiger partial charge in [0.1, 0.15) is 6.04 Å². The average molecular weight is 256 g/mol. The highest BCUT2D eigenvalue weighted by atomic mass is 32.1. The van der Waals surface area contributed by atoms with Gasteiger partial charge in [-0.2, -0.15) is 5.26 Å². The van der Waals surface area contributed by atoms with E-state index in [4.69, 9.17) is 5.26 Å². The molecule has 4 heteroatoms. The smallest absolute Gasteiger partial charge is 0.265 e. The summed E-state index contributed by atoms with van der Waals surface area (Å²) >= 11 is 1.50. The van der Waals surface area contributed by atoms with Gasteiger partial charge in [0.25, 0.3) is 5.91 Å². The van der Waals surface area contributed by atoms with Gasteiger partial charge in [0.2, 0.25) is 0 Å². The molecule has 0 aliphatic carbocycles. The molecule has 0 N–H and O–H groups in total. The van der Waals surface area contributed by atoms with E-state index in [1.54, 1.807) is 4.90 Å². The Bertz CT molecular complexity index is 608. The number of amides is 1. The minimum atomic E-state index is -0.247. The minimum absolute atomic E-state index is 0.000231. The topological polar surface area (TPSA) is 44.1 Å². The van der Waals surface area contributed by atoms with Gasteiger partial charge in [-0.05, 0) is 30.4 Å². The molecular formula is C14H12N2OS. The first-order valence-corrected chi connectivity index (χ1v) is 6.80. The van der Waals surface area contributed by atoms with Crippen molar-refractivity contribution in [1.29, 1.82) is 5.26 Å². The first kappa shape index (κ1) is 11.2. The summed E-state index contributed by atoms with van der Waals surface area (Å²) in [6, 6.07) is 11.9. The molecule has 1 aromatic heterocycles. The Morgan fingerprint density at radius 1 is 1.44 bits per heavy atom. The number of nitrogens with zero attached hydrogens (tertiary/aromatic N) is 2. The molecule has 90 valence electrons. The van der Waals surface area contributed by atoms with Gasteiger partial charge in [0.15, 0.2) is 0 Å². The standard InChI is InChI=1S/C14H12N2OS/c15-9-11-5-3-7-16(11)14(17)13-8-10-4-1-2-6-12(10)18-13/h1-2,4,6,8,11H,3,5,7H2. The molecule has 1 fully saturated rings. The zero-order valence-corrected chi connectivity index (χ0v) is 10.6.